The fourth-order valence-electron chi connectivity index (χ4n) is 11.7. The van der Waals surface area contributed by atoms with Crippen LogP contribution < -0.4 is 9.47 Å². The molecule has 0 aromatic heterocycles. The Morgan fingerprint density at radius 2 is 1.11 bits per heavy atom. The maximum atomic E-state index is 9.83. The first-order valence-electron chi connectivity index (χ1n) is 15.7. The second-order valence-corrected chi connectivity index (χ2v) is 14.5. The quantitative estimate of drug-likeness (QED) is 0.420. The topological polar surface area (TPSA) is 58.9 Å². The van der Waals surface area contributed by atoms with Crippen molar-refractivity contribution < 1.29 is 19.7 Å². The highest BCUT2D eigenvalue weighted by molar-refractivity contribution is 5.98. The number of hydrogen-bond acceptors (Lipinski definition) is 4. The fourth-order valence-corrected chi connectivity index (χ4v) is 11.7. The van der Waals surface area contributed by atoms with Crippen LogP contribution in [-0.4, -0.2) is 36.6 Å². The van der Waals surface area contributed by atoms with Crippen LogP contribution >= 0.6 is 0 Å². The predicted octanol–water partition coefficient (Wildman–Crippen LogP) is 6.52. The fraction of sp³-hybridized carbons (Fsp3) is 0.706. The van der Waals surface area contributed by atoms with Crippen molar-refractivity contribution in [3.63, 3.8) is 0 Å². The molecule has 0 radical (unpaired) electrons. The number of aliphatic hydroxyl groups excluding tert-OH is 2. The van der Waals surface area contributed by atoms with Crippen LogP contribution in [0.4, 0.5) is 0 Å². The molecule has 8 fully saturated rings. The zero-order valence-corrected chi connectivity index (χ0v) is 22.8. The number of ether oxygens (including phenoxy) is 2. The van der Waals surface area contributed by atoms with Crippen LogP contribution in [0.3, 0.4) is 0 Å². The van der Waals surface area contributed by atoms with E-state index < -0.39 is 0 Å². The van der Waals surface area contributed by atoms with Gasteiger partial charge in [0.15, 0.2) is 0 Å². The largest absolute Gasteiger partial charge is 0.491 e. The minimum absolute atomic E-state index is 0.0243. The SMILES string of the molecule is OCCOc1c(C23CC4CC(CC(C4)C2)C3)cc(OCCO)c2c(C34CC5CC(CC(C5)C3)C4)cccc12. The molecule has 2 aromatic carbocycles. The Hall–Kier alpha value is -1.78. The van der Waals surface area contributed by atoms with Gasteiger partial charge in [0.2, 0.25) is 0 Å². The summed E-state index contributed by atoms with van der Waals surface area (Å²) in [6.45, 7) is 0.699. The molecule has 8 bridgehead atoms. The summed E-state index contributed by atoms with van der Waals surface area (Å²) >= 11 is 0. The molecule has 0 saturated heterocycles. The minimum atomic E-state index is 0.0243. The van der Waals surface area contributed by atoms with Crippen LogP contribution in [0.15, 0.2) is 24.3 Å². The Morgan fingerprint density at radius 1 is 0.632 bits per heavy atom. The van der Waals surface area contributed by atoms with Gasteiger partial charge in [-0.15, -0.1) is 0 Å². The zero-order valence-electron chi connectivity index (χ0n) is 22.8. The molecule has 204 valence electrons. The summed E-state index contributed by atoms with van der Waals surface area (Å²) < 4.78 is 13.0. The Morgan fingerprint density at radius 3 is 1.61 bits per heavy atom. The van der Waals surface area contributed by atoms with Crippen LogP contribution in [0, 0.1) is 35.5 Å². The molecule has 0 atom stereocenters. The third kappa shape index (κ3) is 3.61. The van der Waals surface area contributed by atoms with Gasteiger partial charge in [-0.1, -0.05) is 18.2 Å². The molecule has 0 amide bonds. The summed E-state index contributed by atoms with van der Waals surface area (Å²) in [6, 6.07) is 9.26. The number of hydrogen-bond donors (Lipinski definition) is 2. The smallest absolute Gasteiger partial charge is 0.131 e. The van der Waals surface area contributed by atoms with Crippen molar-refractivity contribution in [2.24, 2.45) is 35.5 Å². The second kappa shape index (κ2) is 8.86. The molecule has 2 N–H and O–H groups in total. The van der Waals surface area contributed by atoms with Crippen LogP contribution in [0.1, 0.15) is 88.2 Å². The molecule has 4 heteroatoms. The number of fused-ring (bicyclic) bond motifs is 1. The van der Waals surface area contributed by atoms with Gasteiger partial charge in [0.25, 0.3) is 0 Å². The van der Waals surface area contributed by atoms with E-state index in [4.69, 9.17) is 9.47 Å². The van der Waals surface area contributed by atoms with Crippen molar-refractivity contribution in [1.82, 2.24) is 0 Å². The molecule has 0 spiro atoms. The lowest BCUT2D eigenvalue weighted by atomic mass is 9.47. The lowest BCUT2D eigenvalue weighted by Gasteiger charge is -2.58. The summed E-state index contributed by atoms with van der Waals surface area (Å²) in [5.74, 6) is 7.09. The summed E-state index contributed by atoms with van der Waals surface area (Å²) in [4.78, 5) is 0. The van der Waals surface area contributed by atoms with E-state index in [-0.39, 0.29) is 24.0 Å². The lowest BCUT2D eigenvalue weighted by Crippen LogP contribution is -2.49. The van der Waals surface area contributed by atoms with Gasteiger partial charge in [0.05, 0.1) is 13.2 Å². The maximum absolute atomic E-state index is 9.83. The van der Waals surface area contributed by atoms with E-state index in [2.05, 4.69) is 24.3 Å². The molecule has 8 aliphatic rings. The summed E-state index contributed by atoms with van der Waals surface area (Å²) in [7, 11) is 0. The van der Waals surface area contributed by atoms with E-state index in [0.717, 1.165) is 47.0 Å². The highest BCUT2D eigenvalue weighted by Crippen LogP contribution is 2.65. The Kier molecular flexibility index (Phi) is 5.61. The molecule has 4 nitrogen and oxygen atoms in total. The highest BCUT2D eigenvalue weighted by Gasteiger charge is 2.54. The third-order valence-corrected chi connectivity index (χ3v) is 12.0. The van der Waals surface area contributed by atoms with Gasteiger partial charge in [-0.05, 0) is 135 Å². The third-order valence-electron chi connectivity index (χ3n) is 12.0. The molecule has 0 aliphatic heterocycles. The van der Waals surface area contributed by atoms with Gasteiger partial charge in [0, 0.05) is 16.3 Å². The van der Waals surface area contributed by atoms with Crippen molar-refractivity contribution in [1.29, 1.82) is 0 Å². The van der Waals surface area contributed by atoms with Crippen LogP contribution in [0.2, 0.25) is 0 Å². The molecule has 0 heterocycles. The Bertz CT molecular complexity index is 1160. The van der Waals surface area contributed by atoms with Gasteiger partial charge in [0.1, 0.15) is 24.7 Å². The van der Waals surface area contributed by atoms with Crippen LogP contribution in [0.5, 0.6) is 11.5 Å². The zero-order chi connectivity index (χ0) is 25.5. The van der Waals surface area contributed by atoms with Crippen molar-refractivity contribution in [2.75, 3.05) is 26.4 Å². The molecule has 2 aromatic rings. The van der Waals surface area contributed by atoms with E-state index >= 15 is 0 Å². The van der Waals surface area contributed by atoms with Gasteiger partial charge in [-0.2, -0.15) is 0 Å². The molecule has 8 aliphatic carbocycles. The molecular weight excluding hydrogens is 472 g/mol. The molecule has 0 unspecified atom stereocenters. The van der Waals surface area contributed by atoms with Crippen molar-refractivity contribution in [2.45, 2.75) is 87.9 Å². The molecule has 10 rings (SSSR count). The van der Waals surface area contributed by atoms with Crippen LogP contribution in [-0.2, 0) is 10.8 Å². The summed E-state index contributed by atoms with van der Waals surface area (Å²) in [5, 5.41) is 22.0. The number of rotatable bonds is 8. The first kappa shape index (κ1) is 24.1. The maximum Gasteiger partial charge on any atom is 0.131 e. The summed E-state index contributed by atoms with van der Waals surface area (Å²) in [6.07, 6.45) is 16.2. The molecule has 8 saturated carbocycles. The highest BCUT2D eigenvalue weighted by atomic mass is 16.5. The average Bonchev–Trinajstić information content (AvgIpc) is 2.89. The second-order valence-electron chi connectivity index (χ2n) is 14.5. The van der Waals surface area contributed by atoms with Gasteiger partial charge < -0.3 is 19.7 Å². The van der Waals surface area contributed by atoms with E-state index in [9.17, 15) is 10.2 Å². The van der Waals surface area contributed by atoms with Crippen molar-refractivity contribution >= 4 is 10.8 Å². The minimum Gasteiger partial charge on any atom is -0.491 e. The van der Waals surface area contributed by atoms with E-state index in [1.807, 2.05) is 0 Å². The van der Waals surface area contributed by atoms with Crippen molar-refractivity contribution in [3.05, 3.63) is 35.4 Å². The average molecular weight is 517 g/mol. The first-order valence-corrected chi connectivity index (χ1v) is 15.7. The standard InChI is InChI=1S/C34H44O4/c35-4-6-37-30-14-29(34-18-24-11-25(19-34)13-26(12-24)20-34)32(38-7-5-36)27-2-1-3-28(31(27)30)33-15-21-8-22(16-33)10-23(9-21)17-33/h1-3,14,21-26,35-36H,4-13,15-20H2. The van der Waals surface area contributed by atoms with E-state index in [1.165, 1.54) is 98.9 Å². The van der Waals surface area contributed by atoms with Gasteiger partial charge in [-0.3, -0.25) is 0 Å². The van der Waals surface area contributed by atoms with Gasteiger partial charge in [-0.25, -0.2) is 0 Å². The van der Waals surface area contributed by atoms with E-state index in [1.54, 1.807) is 0 Å². The predicted molar refractivity (Wildman–Crippen MR) is 149 cm³/mol. The number of benzene rings is 2. The molecular formula is C34H44O4. The normalized spacial score (nSPS) is 40.3. The lowest BCUT2D eigenvalue weighted by molar-refractivity contribution is -0.00657. The Labute approximate surface area is 227 Å². The molecule has 38 heavy (non-hydrogen) atoms. The van der Waals surface area contributed by atoms with Gasteiger partial charge >= 0.3 is 0 Å². The first-order chi connectivity index (χ1) is 18.6. The Balaban J connectivity index is 1.34. The monoisotopic (exact) mass is 516 g/mol. The number of aliphatic hydroxyl groups is 2. The van der Waals surface area contributed by atoms with E-state index in [0.29, 0.717) is 13.2 Å². The van der Waals surface area contributed by atoms with Crippen LogP contribution in [0.25, 0.3) is 10.8 Å². The summed E-state index contributed by atoms with van der Waals surface area (Å²) in [5.41, 5.74) is 3.19. The van der Waals surface area contributed by atoms with Crippen molar-refractivity contribution in [3.8, 4) is 11.5 Å².